The Labute approximate surface area is 182 Å². The summed E-state index contributed by atoms with van der Waals surface area (Å²) in [5, 5.41) is 2.58. The highest BCUT2D eigenvalue weighted by molar-refractivity contribution is 5.85. The predicted molar refractivity (Wildman–Crippen MR) is 127 cm³/mol. The van der Waals surface area contributed by atoms with Crippen molar-refractivity contribution in [2.75, 3.05) is 6.61 Å². The van der Waals surface area contributed by atoms with Gasteiger partial charge in [-0.05, 0) is 59.2 Å². The Morgan fingerprint density at radius 3 is 2.27 bits per heavy atom. The van der Waals surface area contributed by atoms with E-state index in [1.165, 1.54) is 21.9 Å². The monoisotopic (exact) mass is 404 g/mol. The maximum Gasteiger partial charge on any atom is 0.204 e. The summed E-state index contributed by atoms with van der Waals surface area (Å²) in [6.45, 7) is 11.7. The Balaban J connectivity index is 1.68. The second kappa shape index (κ2) is 10.1. The van der Waals surface area contributed by atoms with Gasteiger partial charge in [-0.1, -0.05) is 89.2 Å². The number of hydrogen-bond donors (Lipinski definition) is 0. The Morgan fingerprint density at radius 1 is 0.867 bits per heavy atom. The lowest BCUT2D eigenvalue weighted by Crippen LogP contribution is -2.37. The van der Waals surface area contributed by atoms with Crippen molar-refractivity contribution in [3.63, 3.8) is 0 Å². The molecule has 0 spiro atoms. The van der Waals surface area contributed by atoms with E-state index in [9.17, 15) is 0 Å². The van der Waals surface area contributed by atoms with E-state index in [1.54, 1.807) is 0 Å². The van der Waals surface area contributed by atoms with Crippen molar-refractivity contribution < 1.29 is 9.47 Å². The molecule has 3 aromatic carbocycles. The van der Waals surface area contributed by atoms with Crippen LogP contribution in [0, 0.1) is 5.41 Å². The molecule has 0 aromatic heterocycles. The van der Waals surface area contributed by atoms with Crippen LogP contribution in [-0.2, 0) is 11.2 Å². The van der Waals surface area contributed by atoms with Gasteiger partial charge in [-0.3, -0.25) is 0 Å². The van der Waals surface area contributed by atoms with E-state index in [2.05, 4.69) is 101 Å². The summed E-state index contributed by atoms with van der Waals surface area (Å²) in [7, 11) is 0. The molecule has 0 fully saturated rings. The zero-order chi connectivity index (χ0) is 21.6. The van der Waals surface area contributed by atoms with Crippen molar-refractivity contribution in [1.82, 2.24) is 0 Å². The highest BCUT2D eigenvalue weighted by Gasteiger charge is 2.30. The third-order valence-corrected chi connectivity index (χ3v) is 6.37. The number of fused-ring (bicyclic) bond motifs is 1. The minimum atomic E-state index is -0.285. The third kappa shape index (κ3) is 5.43. The molecule has 2 heteroatoms. The second-order valence-corrected chi connectivity index (χ2v) is 8.93. The van der Waals surface area contributed by atoms with Gasteiger partial charge in [-0.25, -0.2) is 0 Å². The molecule has 0 N–H and O–H groups in total. The van der Waals surface area contributed by atoms with Gasteiger partial charge in [-0.2, -0.15) is 0 Å². The molecule has 3 rings (SSSR count). The van der Waals surface area contributed by atoms with Gasteiger partial charge in [0.2, 0.25) is 6.29 Å². The quantitative estimate of drug-likeness (QED) is 0.322. The maximum atomic E-state index is 6.34. The van der Waals surface area contributed by atoms with Crippen LogP contribution < -0.4 is 4.74 Å². The van der Waals surface area contributed by atoms with Crippen LogP contribution >= 0.6 is 0 Å². The van der Waals surface area contributed by atoms with Crippen molar-refractivity contribution >= 4 is 10.8 Å². The molecule has 0 bridgehead atoms. The van der Waals surface area contributed by atoms with E-state index in [0.29, 0.717) is 12.5 Å². The summed E-state index contributed by atoms with van der Waals surface area (Å²) in [4.78, 5) is 0. The Hall–Kier alpha value is -2.32. The molecule has 2 atom stereocenters. The molecule has 0 aliphatic rings. The number of benzene rings is 3. The molecule has 0 aliphatic heterocycles. The summed E-state index contributed by atoms with van der Waals surface area (Å²) in [6.07, 6.45) is 2.71. The Kier molecular flexibility index (Phi) is 7.55. The van der Waals surface area contributed by atoms with Crippen LogP contribution in [0.3, 0.4) is 0 Å². The van der Waals surface area contributed by atoms with E-state index < -0.39 is 0 Å². The molecule has 0 saturated heterocycles. The van der Waals surface area contributed by atoms with Crippen LogP contribution in [0.1, 0.15) is 64.5 Å². The van der Waals surface area contributed by atoms with Gasteiger partial charge in [0, 0.05) is 5.41 Å². The Morgan fingerprint density at radius 2 is 1.57 bits per heavy atom. The van der Waals surface area contributed by atoms with Crippen molar-refractivity contribution in [3.05, 3.63) is 77.9 Å². The minimum absolute atomic E-state index is 0.0753. The van der Waals surface area contributed by atoms with E-state index in [4.69, 9.17) is 9.47 Å². The molecular weight excluding hydrogens is 368 g/mol. The zero-order valence-corrected chi connectivity index (χ0v) is 19.2. The van der Waals surface area contributed by atoms with Crippen molar-refractivity contribution in [3.8, 4) is 5.75 Å². The Bertz CT molecular complexity index is 922. The van der Waals surface area contributed by atoms with Gasteiger partial charge < -0.3 is 9.47 Å². The first-order chi connectivity index (χ1) is 14.4. The fourth-order valence-corrected chi connectivity index (χ4v) is 3.61. The smallest absolute Gasteiger partial charge is 0.204 e. The van der Waals surface area contributed by atoms with Crippen molar-refractivity contribution in [1.29, 1.82) is 0 Å². The second-order valence-electron chi connectivity index (χ2n) is 8.93. The molecule has 0 amide bonds. The van der Waals surface area contributed by atoms with Crippen LogP contribution in [0.4, 0.5) is 0 Å². The van der Waals surface area contributed by atoms with Gasteiger partial charge in [0.25, 0.3) is 0 Å². The first-order valence-electron chi connectivity index (χ1n) is 11.3. The zero-order valence-electron chi connectivity index (χ0n) is 19.2. The molecular formula is C28H36O2. The molecule has 3 aromatic rings. The lowest BCUT2D eigenvalue weighted by molar-refractivity contribution is -0.147. The lowest BCUT2D eigenvalue weighted by Gasteiger charge is -2.33. The fraction of sp³-hybridized carbons (Fsp3) is 0.429. The fourth-order valence-electron chi connectivity index (χ4n) is 3.61. The molecule has 160 valence electrons. The van der Waals surface area contributed by atoms with Crippen LogP contribution in [0.2, 0.25) is 0 Å². The summed E-state index contributed by atoms with van der Waals surface area (Å²) >= 11 is 0. The van der Waals surface area contributed by atoms with Crippen LogP contribution in [0.5, 0.6) is 5.75 Å². The van der Waals surface area contributed by atoms with Crippen molar-refractivity contribution in [2.24, 2.45) is 5.41 Å². The average Bonchev–Trinajstić information content (AvgIpc) is 2.78. The van der Waals surface area contributed by atoms with E-state index in [0.717, 1.165) is 25.0 Å². The lowest BCUT2D eigenvalue weighted by atomic mass is 9.89. The van der Waals surface area contributed by atoms with E-state index in [1.807, 2.05) is 0 Å². The first kappa shape index (κ1) is 22.4. The van der Waals surface area contributed by atoms with Crippen LogP contribution in [0.25, 0.3) is 10.8 Å². The van der Waals surface area contributed by atoms with E-state index >= 15 is 0 Å². The standard InChI is InChI=1S/C28H36O2/c1-6-21(3)22-15-17-25(18-16-22)30-27(28(4,5)7-2)29-20-19-24-13-10-12-23-11-8-9-14-26(23)24/h8-18,21,27H,6-7,19-20H2,1-5H3. The van der Waals surface area contributed by atoms with Gasteiger partial charge >= 0.3 is 0 Å². The molecule has 0 radical (unpaired) electrons. The van der Waals surface area contributed by atoms with Crippen LogP contribution in [-0.4, -0.2) is 12.9 Å². The normalized spacial score (nSPS) is 13.9. The summed E-state index contributed by atoms with van der Waals surface area (Å²) in [5.74, 6) is 1.44. The molecule has 2 nitrogen and oxygen atoms in total. The SMILES string of the molecule is CCC(C)c1ccc(OC(OCCc2cccc3ccccc23)C(C)(C)CC)cc1. The van der Waals surface area contributed by atoms with Gasteiger partial charge in [0.05, 0.1) is 6.61 Å². The molecule has 0 aliphatic carbocycles. The van der Waals surface area contributed by atoms with Gasteiger partial charge in [-0.15, -0.1) is 0 Å². The molecule has 0 heterocycles. The highest BCUT2D eigenvalue weighted by Crippen LogP contribution is 2.31. The van der Waals surface area contributed by atoms with Gasteiger partial charge in [0.15, 0.2) is 0 Å². The number of ether oxygens (including phenoxy) is 2. The predicted octanol–water partition coefficient (Wildman–Crippen LogP) is 7.75. The summed E-state index contributed by atoms with van der Waals surface area (Å²) in [5.41, 5.74) is 2.60. The van der Waals surface area contributed by atoms with E-state index in [-0.39, 0.29) is 11.7 Å². The first-order valence-corrected chi connectivity index (χ1v) is 11.3. The average molecular weight is 405 g/mol. The minimum Gasteiger partial charge on any atom is -0.464 e. The third-order valence-electron chi connectivity index (χ3n) is 6.37. The number of rotatable bonds is 10. The van der Waals surface area contributed by atoms with Crippen LogP contribution in [0.15, 0.2) is 66.7 Å². The molecule has 0 saturated carbocycles. The number of hydrogen-bond acceptors (Lipinski definition) is 2. The topological polar surface area (TPSA) is 18.5 Å². The largest absolute Gasteiger partial charge is 0.464 e. The van der Waals surface area contributed by atoms with Crippen molar-refractivity contribution in [2.45, 2.75) is 66.1 Å². The van der Waals surface area contributed by atoms with Gasteiger partial charge in [0.1, 0.15) is 5.75 Å². The maximum absolute atomic E-state index is 6.34. The molecule has 2 unspecified atom stereocenters. The highest BCUT2D eigenvalue weighted by atomic mass is 16.7. The summed E-state index contributed by atoms with van der Waals surface area (Å²) in [6, 6.07) is 23.5. The molecule has 30 heavy (non-hydrogen) atoms. The summed E-state index contributed by atoms with van der Waals surface area (Å²) < 4.78 is 12.7.